The second kappa shape index (κ2) is 6.40. The predicted molar refractivity (Wildman–Crippen MR) is 88.7 cm³/mol. The van der Waals surface area contributed by atoms with Crippen LogP contribution in [0, 0.1) is 12.8 Å². The number of aromatic nitrogens is 4. The molecule has 1 atom stereocenters. The first kappa shape index (κ1) is 18.4. The van der Waals surface area contributed by atoms with E-state index in [2.05, 4.69) is 15.1 Å². The van der Waals surface area contributed by atoms with Gasteiger partial charge in [-0.25, -0.2) is 4.98 Å². The lowest BCUT2D eigenvalue weighted by Gasteiger charge is -2.40. The lowest BCUT2D eigenvalue weighted by molar-refractivity contribution is -0.144. The maximum atomic E-state index is 13.0. The maximum Gasteiger partial charge on any atom is 0.453 e. The van der Waals surface area contributed by atoms with E-state index in [1.807, 2.05) is 13.8 Å². The summed E-state index contributed by atoms with van der Waals surface area (Å²) >= 11 is 0. The van der Waals surface area contributed by atoms with Gasteiger partial charge in [-0.1, -0.05) is 13.8 Å². The van der Waals surface area contributed by atoms with Crippen molar-refractivity contribution < 1.29 is 18.0 Å². The van der Waals surface area contributed by atoms with E-state index in [9.17, 15) is 18.0 Å². The quantitative estimate of drug-likeness (QED) is 0.828. The second-order valence-corrected chi connectivity index (χ2v) is 6.95. The van der Waals surface area contributed by atoms with Crippen LogP contribution in [-0.2, 0) is 11.0 Å². The van der Waals surface area contributed by atoms with Gasteiger partial charge in [0.2, 0.25) is 5.91 Å². The number of anilines is 1. The van der Waals surface area contributed by atoms with Gasteiger partial charge in [0.25, 0.3) is 11.6 Å². The lowest BCUT2D eigenvalue weighted by Crippen LogP contribution is -2.57. The van der Waals surface area contributed by atoms with Gasteiger partial charge in [0, 0.05) is 31.4 Å². The fourth-order valence-electron chi connectivity index (χ4n) is 3.16. The first-order valence-electron chi connectivity index (χ1n) is 8.45. The van der Waals surface area contributed by atoms with Crippen LogP contribution in [0.1, 0.15) is 32.3 Å². The minimum absolute atomic E-state index is 0.0521. The molecule has 10 heteroatoms. The Labute approximate surface area is 148 Å². The Hall–Kier alpha value is -2.39. The molecule has 2 aromatic rings. The van der Waals surface area contributed by atoms with Crippen LogP contribution in [0.5, 0.6) is 0 Å². The summed E-state index contributed by atoms with van der Waals surface area (Å²) in [6.07, 6.45) is -4.66. The Kier molecular flexibility index (Phi) is 4.53. The van der Waals surface area contributed by atoms with Gasteiger partial charge in [-0.05, 0) is 19.8 Å². The second-order valence-electron chi connectivity index (χ2n) is 6.95. The smallest absolute Gasteiger partial charge is 0.343 e. The molecule has 0 spiro atoms. The number of aryl methyl sites for hydroxylation is 1. The van der Waals surface area contributed by atoms with Crippen molar-refractivity contribution in [1.29, 1.82) is 0 Å². The van der Waals surface area contributed by atoms with Gasteiger partial charge in [-0.2, -0.15) is 22.7 Å². The number of alkyl halides is 3. The zero-order valence-electron chi connectivity index (χ0n) is 15.1. The van der Waals surface area contributed by atoms with Crippen LogP contribution in [0.25, 0.3) is 5.78 Å². The number of halogens is 3. The number of fused-ring (bicyclic) bond motifs is 1. The van der Waals surface area contributed by atoms with E-state index < -0.39 is 18.0 Å². The van der Waals surface area contributed by atoms with E-state index in [4.69, 9.17) is 0 Å². The third-order valence-corrected chi connectivity index (χ3v) is 4.30. The number of carbonyl (C=O) groups is 1. The summed E-state index contributed by atoms with van der Waals surface area (Å²) in [5, 5.41) is 3.58. The van der Waals surface area contributed by atoms with Crippen LogP contribution in [0.4, 0.5) is 19.0 Å². The first-order chi connectivity index (χ1) is 12.1. The number of amides is 1. The Morgan fingerprint density at radius 2 is 1.96 bits per heavy atom. The molecule has 0 radical (unpaired) electrons. The standard InChI is InChI=1S/C16H21F3N6O/c1-9(2)8-23-5-6-24(11(4)13(23)26)12-7-10(3)20-15-21-14(16(17,18)19)22-25(12)15/h7,9,11H,5-6,8H2,1-4H3/t11-/m1/s1. The molecule has 26 heavy (non-hydrogen) atoms. The molecule has 7 nitrogen and oxygen atoms in total. The molecular weight excluding hydrogens is 349 g/mol. The highest BCUT2D eigenvalue weighted by Crippen LogP contribution is 2.29. The van der Waals surface area contributed by atoms with Crippen molar-refractivity contribution in [1.82, 2.24) is 24.5 Å². The molecule has 0 N–H and O–H groups in total. The molecule has 1 fully saturated rings. The normalized spacial score (nSPS) is 19.1. The highest BCUT2D eigenvalue weighted by molar-refractivity contribution is 5.86. The van der Waals surface area contributed by atoms with Crippen LogP contribution in [-0.4, -0.2) is 56.1 Å². The highest BCUT2D eigenvalue weighted by Gasteiger charge is 2.38. The van der Waals surface area contributed by atoms with Crippen molar-refractivity contribution in [2.75, 3.05) is 24.5 Å². The molecule has 1 aliphatic rings. The first-order valence-corrected chi connectivity index (χ1v) is 8.45. The summed E-state index contributed by atoms with van der Waals surface area (Å²) in [5.41, 5.74) is 0.512. The maximum absolute atomic E-state index is 13.0. The van der Waals surface area contributed by atoms with Crippen LogP contribution in [0.3, 0.4) is 0 Å². The number of hydrogen-bond donors (Lipinski definition) is 0. The van der Waals surface area contributed by atoms with E-state index in [1.54, 1.807) is 29.7 Å². The van der Waals surface area contributed by atoms with E-state index in [1.165, 1.54) is 0 Å². The minimum atomic E-state index is -4.66. The minimum Gasteiger partial charge on any atom is -0.343 e. The Morgan fingerprint density at radius 3 is 2.58 bits per heavy atom. The summed E-state index contributed by atoms with van der Waals surface area (Å²) < 4.78 is 40.0. The molecule has 0 aliphatic carbocycles. The van der Waals surface area contributed by atoms with Crippen molar-refractivity contribution in [3.8, 4) is 0 Å². The predicted octanol–water partition coefficient (Wildman–Crippen LogP) is 2.14. The van der Waals surface area contributed by atoms with E-state index in [0.717, 1.165) is 4.52 Å². The molecule has 0 saturated carbocycles. The number of carbonyl (C=O) groups excluding carboxylic acids is 1. The summed E-state index contributed by atoms with van der Waals surface area (Å²) in [7, 11) is 0. The Balaban J connectivity index is 2.00. The number of piperazine rings is 1. The Morgan fingerprint density at radius 1 is 1.27 bits per heavy atom. The molecule has 1 saturated heterocycles. The molecule has 0 bridgehead atoms. The lowest BCUT2D eigenvalue weighted by atomic mass is 10.1. The molecule has 3 heterocycles. The van der Waals surface area contributed by atoms with Crippen LogP contribution in [0.15, 0.2) is 6.07 Å². The van der Waals surface area contributed by atoms with E-state index >= 15 is 0 Å². The summed E-state index contributed by atoms with van der Waals surface area (Å²) in [6, 6.07) is 1.12. The molecule has 2 aromatic heterocycles. The van der Waals surface area contributed by atoms with Crippen LogP contribution < -0.4 is 4.90 Å². The van der Waals surface area contributed by atoms with Crippen LogP contribution in [0.2, 0.25) is 0 Å². The molecule has 1 amide bonds. The van der Waals surface area contributed by atoms with Crippen LogP contribution >= 0.6 is 0 Å². The third kappa shape index (κ3) is 3.32. The van der Waals surface area contributed by atoms with Gasteiger partial charge in [0.05, 0.1) is 0 Å². The average Bonchev–Trinajstić information content (AvgIpc) is 2.95. The zero-order valence-corrected chi connectivity index (χ0v) is 15.1. The molecule has 142 valence electrons. The fourth-order valence-corrected chi connectivity index (χ4v) is 3.16. The van der Waals surface area contributed by atoms with Gasteiger partial charge >= 0.3 is 6.18 Å². The molecular formula is C16H21F3N6O. The fraction of sp³-hybridized carbons (Fsp3) is 0.625. The number of nitrogens with zero attached hydrogens (tertiary/aromatic N) is 6. The van der Waals surface area contributed by atoms with E-state index in [-0.39, 0.29) is 11.7 Å². The topological polar surface area (TPSA) is 66.6 Å². The van der Waals surface area contributed by atoms with Gasteiger partial charge in [0.15, 0.2) is 0 Å². The van der Waals surface area contributed by atoms with Gasteiger partial charge in [-0.15, -0.1) is 5.10 Å². The van der Waals surface area contributed by atoms with Gasteiger partial charge in [0.1, 0.15) is 11.9 Å². The molecule has 0 aromatic carbocycles. The van der Waals surface area contributed by atoms with Crippen molar-refractivity contribution in [3.63, 3.8) is 0 Å². The zero-order chi connectivity index (χ0) is 19.2. The summed E-state index contributed by atoms with van der Waals surface area (Å²) in [4.78, 5) is 23.7. The summed E-state index contributed by atoms with van der Waals surface area (Å²) in [6.45, 7) is 9.15. The highest BCUT2D eigenvalue weighted by atomic mass is 19.4. The molecule has 1 aliphatic heterocycles. The van der Waals surface area contributed by atoms with Gasteiger partial charge in [-0.3, -0.25) is 4.79 Å². The SMILES string of the molecule is Cc1cc(N2CCN(CC(C)C)C(=O)[C@H]2C)n2nc(C(F)(F)F)nc2n1. The number of rotatable bonds is 3. The van der Waals surface area contributed by atoms with Crippen molar-refractivity contribution in [2.45, 2.75) is 39.9 Å². The monoisotopic (exact) mass is 370 g/mol. The third-order valence-electron chi connectivity index (χ3n) is 4.30. The van der Waals surface area contributed by atoms with E-state index in [0.29, 0.717) is 37.1 Å². The molecule has 0 unspecified atom stereocenters. The number of hydrogen-bond acceptors (Lipinski definition) is 5. The largest absolute Gasteiger partial charge is 0.453 e. The molecule has 3 rings (SSSR count). The van der Waals surface area contributed by atoms with Crippen molar-refractivity contribution in [2.24, 2.45) is 5.92 Å². The Bertz CT molecular complexity index is 831. The van der Waals surface area contributed by atoms with Gasteiger partial charge < -0.3 is 9.80 Å². The summed E-state index contributed by atoms with van der Waals surface area (Å²) in [5.74, 6) is -0.688. The van der Waals surface area contributed by atoms with Crippen molar-refractivity contribution >= 4 is 17.5 Å². The average molecular weight is 370 g/mol. The van der Waals surface area contributed by atoms with Crippen molar-refractivity contribution in [3.05, 3.63) is 17.6 Å².